The van der Waals surface area contributed by atoms with E-state index >= 15 is 0 Å². The van der Waals surface area contributed by atoms with E-state index in [4.69, 9.17) is 27.8 Å². The molecule has 1 aliphatic carbocycles. The van der Waals surface area contributed by atoms with Crippen LogP contribution in [0.15, 0.2) is 40.5 Å². The second-order valence-electron chi connectivity index (χ2n) is 4.60. The lowest BCUT2D eigenvalue weighted by molar-refractivity contribution is -2.00. The number of aryl methyl sites for hydroxylation is 1. The van der Waals surface area contributed by atoms with Gasteiger partial charge in [0.25, 0.3) is 0 Å². The average molecular weight is 327 g/mol. The molecule has 0 fully saturated rings. The van der Waals surface area contributed by atoms with Gasteiger partial charge in [-0.15, -0.1) is 10.2 Å². The number of rotatable bonds is 2. The molecule has 0 saturated heterocycles. The number of benzene rings is 1. The molecule has 0 bridgehead atoms. The molecule has 1 aromatic carbocycles. The van der Waals surface area contributed by atoms with Crippen LogP contribution in [0.4, 0.5) is 0 Å². The van der Waals surface area contributed by atoms with E-state index in [0.29, 0.717) is 0 Å². The van der Waals surface area contributed by atoms with Crippen LogP contribution in [0.1, 0.15) is 24.7 Å². The third-order valence-electron chi connectivity index (χ3n) is 3.05. The van der Waals surface area contributed by atoms with Crippen molar-refractivity contribution in [2.75, 3.05) is 6.61 Å². The smallest absolute Gasteiger partial charge is 0.360 e. The summed E-state index contributed by atoms with van der Waals surface area (Å²) in [5.41, 5.74) is 2.20. The van der Waals surface area contributed by atoms with E-state index in [1.165, 1.54) is 10.9 Å². The molecule has 0 unspecified atom stereocenters. The van der Waals surface area contributed by atoms with Gasteiger partial charge in [-0.1, -0.05) is 12.1 Å². The molecule has 1 heterocycles. The number of hydrogen-bond acceptors (Lipinski definition) is 5. The zero-order chi connectivity index (χ0) is 16.2. The minimum atomic E-state index is -4.94. The fourth-order valence-corrected chi connectivity index (χ4v) is 2.23. The molecule has 6 nitrogen and oxygen atoms in total. The zero-order valence-corrected chi connectivity index (χ0v) is 12.7. The van der Waals surface area contributed by atoms with Gasteiger partial charge < -0.3 is 4.74 Å². The fraction of sp³-hybridized carbons (Fsp3) is 0.267. The van der Waals surface area contributed by atoms with Crippen molar-refractivity contribution < 1.29 is 38.0 Å². The summed E-state index contributed by atoms with van der Waals surface area (Å²) < 4.78 is 45.4. The summed E-state index contributed by atoms with van der Waals surface area (Å²) in [6.45, 7) is 2.72. The first kappa shape index (κ1) is 16.7. The minimum absolute atomic E-state index is 0.717. The van der Waals surface area contributed by atoms with Gasteiger partial charge >= 0.3 is 11.3 Å². The highest BCUT2D eigenvalue weighted by atomic mass is 35.7. The maximum Gasteiger partial charge on any atom is 0.360 e. The Labute approximate surface area is 129 Å². The Kier molecular flexibility index (Phi) is 5.33. The Hall–Kier alpha value is -1.70. The maximum absolute atomic E-state index is 8.49. The average Bonchev–Trinajstić information content (AvgIpc) is 2.43. The van der Waals surface area contributed by atoms with Gasteiger partial charge in [-0.05, 0) is 25.5 Å². The first-order valence-electron chi connectivity index (χ1n) is 6.66. The zero-order valence-electron chi connectivity index (χ0n) is 11.9. The number of fused-ring (bicyclic) bond motifs is 2. The van der Waals surface area contributed by atoms with Crippen molar-refractivity contribution >= 4 is 17.0 Å². The second-order valence-corrected chi connectivity index (χ2v) is 5.35. The van der Waals surface area contributed by atoms with Crippen molar-refractivity contribution in [3.05, 3.63) is 47.4 Å². The lowest BCUT2D eigenvalue weighted by Crippen LogP contribution is -2.68. The summed E-state index contributed by atoms with van der Waals surface area (Å²) in [4.78, 5) is 0. The number of hydrogen-bond donors (Lipinski definition) is 0. The highest BCUT2D eigenvalue weighted by molar-refractivity contribution is 5.78. The molecular weight excluding hydrogens is 312 g/mol. The molecule has 7 heteroatoms. The Morgan fingerprint density at radius 3 is 2.50 bits per heavy atom. The molecule has 1 aromatic heterocycles. The Morgan fingerprint density at radius 1 is 1.14 bits per heavy atom. The standard InChI is InChI=1S/C15H15O2.ClHO4/c1-2-16-13-8-7-12-9-11-5-3-4-6-14(11)17-15(12)10-13;2-1(3,4)5/h3-6,9-10H,2,7-8H2,1H3;(H,2,3,4,5)/q+1;/p-1. The maximum atomic E-state index is 8.49. The molecule has 2 aromatic rings. The van der Waals surface area contributed by atoms with Gasteiger partial charge in [-0.3, -0.25) is 0 Å². The molecule has 0 amide bonds. The highest BCUT2D eigenvalue weighted by Gasteiger charge is 2.22. The normalized spacial score (nSPS) is 13.8. The molecule has 0 N–H and O–H groups in total. The van der Waals surface area contributed by atoms with Gasteiger partial charge in [0.15, 0.2) is 0 Å². The molecule has 0 radical (unpaired) electrons. The fourth-order valence-electron chi connectivity index (χ4n) is 2.23. The summed E-state index contributed by atoms with van der Waals surface area (Å²) in [7, 11) is -4.94. The summed E-state index contributed by atoms with van der Waals surface area (Å²) in [5.74, 6) is 1.97. The number of para-hydroxylation sites is 1. The van der Waals surface area contributed by atoms with E-state index < -0.39 is 10.2 Å². The molecule has 1 aliphatic rings. The number of halogens is 1. The molecule has 0 spiro atoms. The largest absolute Gasteiger partial charge is 0.498 e. The van der Waals surface area contributed by atoms with Crippen molar-refractivity contribution in [3.63, 3.8) is 0 Å². The molecular formula is C15H15ClO6. The highest BCUT2D eigenvalue weighted by Crippen LogP contribution is 2.28. The van der Waals surface area contributed by atoms with Gasteiger partial charge in [-0.25, -0.2) is 23.1 Å². The van der Waals surface area contributed by atoms with Gasteiger partial charge in [0.1, 0.15) is 5.76 Å². The van der Waals surface area contributed by atoms with Crippen LogP contribution in [0, 0.1) is 10.2 Å². The quantitative estimate of drug-likeness (QED) is 0.673. The number of allylic oxidation sites excluding steroid dienone is 1. The predicted octanol–water partition coefficient (Wildman–Crippen LogP) is -0.719. The molecule has 0 aliphatic heterocycles. The number of ether oxygens (including phenoxy) is 1. The Morgan fingerprint density at radius 2 is 1.82 bits per heavy atom. The van der Waals surface area contributed by atoms with E-state index in [2.05, 4.69) is 12.1 Å². The molecule has 0 atom stereocenters. The molecule has 22 heavy (non-hydrogen) atoms. The van der Waals surface area contributed by atoms with E-state index in [9.17, 15) is 0 Å². The van der Waals surface area contributed by atoms with E-state index in [1.807, 2.05) is 31.2 Å². The van der Waals surface area contributed by atoms with Crippen LogP contribution in [0.3, 0.4) is 0 Å². The lowest BCUT2D eigenvalue weighted by Gasteiger charge is -2.17. The first-order valence-corrected chi connectivity index (χ1v) is 7.90. The van der Waals surface area contributed by atoms with Crippen LogP contribution < -0.4 is 18.6 Å². The van der Waals surface area contributed by atoms with Crippen molar-refractivity contribution in [2.24, 2.45) is 0 Å². The van der Waals surface area contributed by atoms with Crippen molar-refractivity contribution in [1.29, 1.82) is 0 Å². The lowest BCUT2D eigenvalue weighted by atomic mass is 10.0. The second kappa shape index (κ2) is 7.04. The van der Waals surface area contributed by atoms with Crippen molar-refractivity contribution in [2.45, 2.75) is 19.8 Å². The summed E-state index contributed by atoms with van der Waals surface area (Å²) in [6, 6.07) is 10.3. The topological polar surface area (TPSA) is 113 Å². The van der Waals surface area contributed by atoms with Gasteiger partial charge in [0.05, 0.1) is 23.6 Å². The third kappa shape index (κ3) is 4.94. The Bertz CT molecular complexity index is 671. The monoisotopic (exact) mass is 326 g/mol. The van der Waals surface area contributed by atoms with Gasteiger partial charge in [-0.2, -0.15) is 0 Å². The first-order chi connectivity index (χ1) is 10.4. The summed E-state index contributed by atoms with van der Waals surface area (Å²) >= 11 is 0. The van der Waals surface area contributed by atoms with Gasteiger partial charge in [0, 0.05) is 12.5 Å². The van der Waals surface area contributed by atoms with Crippen molar-refractivity contribution in [3.8, 4) is 0 Å². The Balaban J connectivity index is 0.000000309. The summed E-state index contributed by atoms with van der Waals surface area (Å²) in [6.07, 6.45) is 3.99. The minimum Gasteiger partial charge on any atom is -0.498 e. The van der Waals surface area contributed by atoms with Crippen LogP contribution in [0.5, 0.6) is 0 Å². The van der Waals surface area contributed by atoms with Crippen LogP contribution in [-0.4, -0.2) is 6.61 Å². The van der Waals surface area contributed by atoms with Crippen LogP contribution in [-0.2, 0) is 11.2 Å². The summed E-state index contributed by atoms with van der Waals surface area (Å²) in [5, 5.41) is 1.17. The van der Waals surface area contributed by atoms with Crippen LogP contribution in [0.25, 0.3) is 17.0 Å². The molecule has 0 saturated carbocycles. The van der Waals surface area contributed by atoms with Crippen molar-refractivity contribution in [1.82, 2.24) is 0 Å². The van der Waals surface area contributed by atoms with E-state index in [1.54, 1.807) is 0 Å². The molecule has 3 rings (SSSR count). The van der Waals surface area contributed by atoms with E-state index in [-0.39, 0.29) is 0 Å². The van der Waals surface area contributed by atoms with E-state index in [0.717, 1.165) is 36.6 Å². The SMILES string of the molecule is CCOC1=Cc2[o+]c3ccccc3cc2CC1.[O-][Cl+3]([O-])([O-])[O-]. The van der Waals surface area contributed by atoms with Crippen LogP contribution >= 0.6 is 0 Å². The van der Waals surface area contributed by atoms with Gasteiger partial charge in [0.2, 0.25) is 0 Å². The predicted molar refractivity (Wildman–Crippen MR) is 68.5 cm³/mol. The van der Waals surface area contributed by atoms with Crippen LogP contribution in [0.2, 0.25) is 0 Å². The molecule has 118 valence electrons. The third-order valence-corrected chi connectivity index (χ3v) is 3.05.